The molecule has 0 atom stereocenters. The smallest absolute Gasteiger partial charge is 0.162 e. The van der Waals surface area contributed by atoms with Crippen LogP contribution < -0.4 is 10.1 Å². The number of aromatic nitrogens is 2. The summed E-state index contributed by atoms with van der Waals surface area (Å²) in [5.41, 5.74) is 1.94. The largest absolute Gasteiger partial charge is 0.504 e. The number of nitrogens with zero attached hydrogens (tertiary/aromatic N) is 1. The lowest BCUT2D eigenvalue weighted by molar-refractivity contribution is 0.316. The predicted octanol–water partition coefficient (Wildman–Crippen LogP) is 1.85. The second-order valence-electron chi connectivity index (χ2n) is 4.20. The minimum atomic E-state index is 0.221. The van der Waals surface area contributed by atoms with Crippen LogP contribution in [-0.4, -0.2) is 28.2 Å². The van der Waals surface area contributed by atoms with E-state index in [1.807, 2.05) is 25.3 Å². The van der Waals surface area contributed by atoms with Crippen LogP contribution >= 0.6 is 0 Å². The SMILES string of the molecule is CCOc1cccc(CNCCc2cnc[nH]2)c1O. The van der Waals surface area contributed by atoms with Crippen molar-refractivity contribution < 1.29 is 9.84 Å². The molecule has 5 nitrogen and oxygen atoms in total. The van der Waals surface area contributed by atoms with Crippen molar-refractivity contribution in [2.45, 2.75) is 19.9 Å². The lowest BCUT2D eigenvalue weighted by Gasteiger charge is -2.10. The zero-order valence-corrected chi connectivity index (χ0v) is 11.0. The van der Waals surface area contributed by atoms with E-state index in [1.165, 1.54) is 0 Å². The first kappa shape index (κ1) is 13.4. The molecule has 19 heavy (non-hydrogen) atoms. The van der Waals surface area contributed by atoms with Crippen molar-refractivity contribution in [1.29, 1.82) is 0 Å². The highest BCUT2D eigenvalue weighted by Gasteiger charge is 2.07. The normalized spacial score (nSPS) is 10.6. The van der Waals surface area contributed by atoms with Crippen LogP contribution in [0.15, 0.2) is 30.7 Å². The highest BCUT2D eigenvalue weighted by atomic mass is 16.5. The van der Waals surface area contributed by atoms with Crippen molar-refractivity contribution in [2.75, 3.05) is 13.2 Å². The second-order valence-corrected chi connectivity index (χ2v) is 4.20. The first-order valence-corrected chi connectivity index (χ1v) is 6.43. The Morgan fingerprint density at radius 1 is 1.42 bits per heavy atom. The van der Waals surface area contributed by atoms with Gasteiger partial charge in [0.1, 0.15) is 0 Å². The van der Waals surface area contributed by atoms with Crippen LogP contribution in [0.3, 0.4) is 0 Å². The third-order valence-electron chi connectivity index (χ3n) is 2.82. The number of para-hydroxylation sites is 1. The molecule has 1 heterocycles. The Bertz CT molecular complexity index is 497. The van der Waals surface area contributed by atoms with Gasteiger partial charge in [-0.3, -0.25) is 0 Å². The molecule has 0 aliphatic carbocycles. The van der Waals surface area contributed by atoms with Gasteiger partial charge in [0.25, 0.3) is 0 Å². The standard InChI is InChI=1S/C14H19N3O2/c1-2-19-13-5-3-4-11(14(13)18)8-15-7-6-12-9-16-10-17-12/h3-5,9-10,15,18H,2,6-8H2,1H3,(H,16,17). The Kier molecular flexibility index (Phi) is 4.80. The third-order valence-corrected chi connectivity index (χ3v) is 2.82. The summed E-state index contributed by atoms with van der Waals surface area (Å²) in [6.07, 6.45) is 4.37. The van der Waals surface area contributed by atoms with E-state index in [4.69, 9.17) is 4.74 Å². The molecule has 1 aromatic heterocycles. The quantitative estimate of drug-likeness (QED) is 0.665. The van der Waals surface area contributed by atoms with Crippen molar-refractivity contribution in [3.05, 3.63) is 42.0 Å². The van der Waals surface area contributed by atoms with Crippen molar-refractivity contribution in [2.24, 2.45) is 0 Å². The fraction of sp³-hybridized carbons (Fsp3) is 0.357. The molecule has 2 aromatic rings. The van der Waals surface area contributed by atoms with E-state index in [0.717, 1.165) is 24.2 Å². The van der Waals surface area contributed by atoms with E-state index >= 15 is 0 Å². The third kappa shape index (κ3) is 3.72. The van der Waals surface area contributed by atoms with Gasteiger partial charge >= 0.3 is 0 Å². The number of H-pyrrole nitrogens is 1. The minimum absolute atomic E-state index is 0.221. The first-order chi connectivity index (χ1) is 9.31. The molecule has 0 aliphatic heterocycles. The topological polar surface area (TPSA) is 70.2 Å². The van der Waals surface area contributed by atoms with Gasteiger partial charge in [-0.15, -0.1) is 0 Å². The van der Waals surface area contributed by atoms with Gasteiger partial charge in [-0.05, 0) is 13.0 Å². The summed E-state index contributed by atoms with van der Waals surface area (Å²) in [5.74, 6) is 0.758. The fourth-order valence-electron chi connectivity index (χ4n) is 1.85. The Hall–Kier alpha value is -2.01. The maximum Gasteiger partial charge on any atom is 0.162 e. The maximum atomic E-state index is 10.0. The van der Waals surface area contributed by atoms with E-state index in [0.29, 0.717) is 18.9 Å². The van der Waals surface area contributed by atoms with Gasteiger partial charge in [-0.1, -0.05) is 12.1 Å². The molecular weight excluding hydrogens is 242 g/mol. The van der Waals surface area contributed by atoms with Crippen LogP contribution in [0.5, 0.6) is 11.5 Å². The summed E-state index contributed by atoms with van der Waals surface area (Å²) in [7, 11) is 0. The number of nitrogens with one attached hydrogen (secondary N) is 2. The zero-order valence-electron chi connectivity index (χ0n) is 11.0. The van der Waals surface area contributed by atoms with Gasteiger partial charge in [0, 0.05) is 37.0 Å². The number of imidazole rings is 1. The van der Waals surface area contributed by atoms with E-state index in [2.05, 4.69) is 15.3 Å². The van der Waals surface area contributed by atoms with Gasteiger partial charge in [-0.2, -0.15) is 0 Å². The van der Waals surface area contributed by atoms with Gasteiger partial charge in [0.15, 0.2) is 11.5 Å². The van der Waals surface area contributed by atoms with Gasteiger partial charge in [0.2, 0.25) is 0 Å². The summed E-state index contributed by atoms with van der Waals surface area (Å²) >= 11 is 0. The van der Waals surface area contributed by atoms with E-state index in [9.17, 15) is 5.11 Å². The number of rotatable bonds is 7. The average Bonchev–Trinajstić information content (AvgIpc) is 2.92. The van der Waals surface area contributed by atoms with E-state index in [1.54, 1.807) is 12.4 Å². The number of phenols is 1. The number of ether oxygens (including phenoxy) is 1. The van der Waals surface area contributed by atoms with Crippen molar-refractivity contribution >= 4 is 0 Å². The molecule has 0 fully saturated rings. The molecule has 102 valence electrons. The Labute approximate surface area is 112 Å². The molecule has 0 saturated carbocycles. The second kappa shape index (κ2) is 6.80. The molecule has 1 aromatic carbocycles. The van der Waals surface area contributed by atoms with Crippen LogP contribution in [0.1, 0.15) is 18.2 Å². The Morgan fingerprint density at radius 2 is 2.32 bits per heavy atom. The fourth-order valence-corrected chi connectivity index (χ4v) is 1.85. The average molecular weight is 261 g/mol. The molecule has 0 saturated heterocycles. The molecule has 0 radical (unpaired) electrons. The lowest BCUT2D eigenvalue weighted by atomic mass is 10.2. The van der Waals surface area contributed by atoms with Crippen molar-refractivity contribution in [3.8, 4) is 11.5 Å². The summed E-state index contributed by atoms with van der Waals surface area (Å²) < 4.78 is 5.35. The molecular formula is C14H19N3O2. The van der Waals surface area contributed by atoms with Crippen molar-refractivity contribution in [1.82, 2.24) is 15.3 Å². The number of phenolic OH excluding ortho intramolecular Hbond substituents is 1. The van der Waals surface area contributed by atoms with Gasteiger partial charge < -0.3 is 20.1 Å². The molecule has 2 rings (SSSR count). The van der Waals surface area contributed by atoms with Crippen LogP contribution in [0, 0.1) is 0 Å². The minimum Gasteiger partial charge on any atom is -0.504 e. The number of benzene rings is 1. The summed E-state index contributed by atoms with van der Waals surface area (Å²) in [4.78, 5) is 7.02. The molecule has 0 aliphatic rings. The zero-order chi connectivity index (χ0) is 13.5. The maximum absolute atomic E-state index is 10.0. The Balaban J connectivity index is 1.83. The number of hydrogen-bond acceptors (Lipinski definition) is 4. The summed E-state index contributed by atoms with van der Waals surface area (Å²) in [6.45, 7) is 3.88. The molecule has 3 N–H and O–H groups in total. The monoisotopic (exact) mass is 261 g/mol. The Morgan fingerprint density at radius 3 is 3.05 bits per heavy atom. The molecule has 0 bridgehead atoms. The summed E-state index contributed by atoms with van der Waals surface area (Å²) in [5, 5.41) is 13.3. The van der Waals surface area contributed by atoms with Crippen LogP contribution in [-0.2, 0) is 13.0 Å². The highest BCUT2D eigenvalue weighted by molar-refractivity contribution is 5.45. The van der Waals surface area contributed by atoms with Crippen LogP contribution in [0.25, 0.3) is 0 Å². The number of aromatic hydroxyl groups is 1. The van der Waals surface area contributed by atoms with E-state index in [-0.39, 0.29) is 5.75 Å². The lowest BCUT2D eigenvalue weighted by Crippen LogP contribution is -2.17. The van der Waals surface area contributed by atoms with Crippen LogP contribution in [0.4, 0.5) is 0 Å². The molecule has 0 amide bonds. The van der Waals surface area contributed by atoms with Crippen molar-refractivity contribution in [3.63, 3.8) is 0 Å². The summed E-state index contributed by atoms with van der Waals surface area (Å²) in [6, 6.07) is 5.55. The highest BCUT2D eigenvalue weighted by Crippen LogP contribution is 2.29. The van der Waals surface area contributed by atoms with Gasteiger partial charge in [-0.25, -0.2) is 4.98 Å². The number of aromatic amines is 1. The first-order valence-electron chi connectivity index (χ1n) is 6.43. The van der Waals surface area contributed by atoms with Gasteiger partial charge in [0.05, 0.1) is 12.9 Å². The van der Waals surface area contributed by atoms with Crippen LogP contribution in [0.2, 0.25) is 0 Å². The molecule has 0 unspecified atom stereocenters. The number of hydrogen-bond donors (Lipinski definition) is 3. The molecule has 5 heteroatoms. The molecule has 0 spiro atoms. The van der Waals surface area contributed by atoms with E-state index < -0.39 is 0 Å². The predicted molar refractivity (Wildman–Crippen MR) is 73.3 cm³/mol.